The lowest BCUT2D eigenvalue weighted by Crippen LogP contribution is -2.43. The van der Waals surface area contributed by atoms with E-state index in [4.69, 9.17) is 10.8 Å². The first-order valence-electron chi connectivity index (χ1n) is 7.33. The van der Waals surface area contributed by atoms with Crippen LogP contribution < -0.4 is 11.1 Å². The smallest absolute Gasteiger partial charge is 0.305 e. The normalized spacial score (nSPS) is 18.1. The third kappa shape index (κ3) is 4.56. The van der Waals surface area contributed by atoms with Gasteiger partial charge in [-0.05, 0) is 18.4 Å². The van der Waals surface area contributed by atoms with Crippen LogP contribution in [0.4, 0.5) is 0 Å². The standard InChI is InChI=1S/C16H22N2O3/c17-16(8-4-5-9-16)11-14(19)18-13(10-15(20)21)12-6-2-1-3-7-12/h1-3,6-7,13H,4-5,8-11,17H2,(H,18,19)(H,20,21). The van der Waals surface area contributed by atoms with Gasteiger partial charge in [-0.3, -0.25) is 9.59 Å². The van der Waals surface area contributed by atoms with Crippen LogP contribution in [-0.4, -0.2) is 22.5 Å². The molecule has 0 radical (unpaired) electrons. The summed E-state index contributed by atoms with van der Waals surface area (Å²) < 4.78 is 0. The largest absolute Gasteiger partial charge is 0.481 e. The highest BCUT2D eigenvalue weighted by Crippen LogP contribution is 2.30. The highest BCUT2D eigenvalue weighted by atomic mass is 16.4. The quantitative estimate of drug-likeness (QED) is 0.747. The maximum Gasteiger partial charge on any atom is 0.305 e. The molecular weight excluding hydrogens is 268 g/mol. The molecule has 1 atom stereocenters. The zero-order chi connectivity index (χ0) is 15.3. The van der Waals surface area contributed by atoms with E-state index in [1.807, 2.05) is 30.3 Å². The van der Waals surface area contributed by atoms with Crippen molar-refractivity contribution in [2.75, 3.05) is 0 Å². The molecule has 0 bridgehead atoms. The van der Waals surface area contributed by atoms with Crippen molar-refractivity contribution in [3.05, 3.63) is 35.9 Å². The number of carbonyl (C=O) groups is 2. The Bertz CT molecular complexity index is 496. The molecule has 4 N–H and O–H groups in total. The van der Waals surface area contributed by atoms with E-state index in [9.17, 15) is 9.59 Å². The van der Waals surface area contributed by atoms with Gasteiger partial charge >= 0.3 is 5.97 Å². The molecule has 0 spiro atoms. The lowest BCUT2D eigenvalue weighted by atomic mass is 9.93. The molecule has 1 fully saturated rings. The SMILES string of the molecule is NC1(CC(=O)NC(CC(=O)O)c2ccccc2)CCCC1. The molecule has 5 nitrogen and oxygen atoms in total. The summed E-state index contributed by atoms with van der Waals surface area (Å²) in [7, 11) is 0. The van der Waals surface area contributed by atoms with Gasteiger partial charge in [-0.1, -0.05) is 43.2 Å². The average Bonchev–Trinajstić information content (AvgIpc) is 2.84. The summed E-state index contributed by atoms with van der Waals surface area (Å²) in [4.78, 5) is 23.2. The van der Waals surface area contributed by atoms with Gasteiger partial charge in [0.15, 0.2) is 0 Å². The molecule has 2 rings (SSSR count). The van der Waals surface area contributed by atoms with Crippen molar-refractivity contribution >= 4 is 11.9 Å². The van der Waals surface area contributed by atoms with Gasteiger partial charge in [-0.15, -0.1) is 0 Å². The molecule has 0 saturated heterocycles. The summed E-state index contributed by atoms with van der Waals surface area (Å²) in [5, 5.41) is 11.8. The minimum Gasteiger partial charge on any atom is -0.481 e. The van der Waals surface area contributed by atoms with E-state index < -0.39 is 17.6 Å². The Labute approximate surface area is 124 Å². The molecule has 21 heavy (non-hydrogen) atoms. The molecule has 5 heteroatoms. The minimum absolute atomic E-state index is 0.132. The second-order valence-electron chi connectivity index (χ2n) is 5.87. The number of hydrogen-bond donors (Lipinski definition) is 3. The van der Waals surface area contributed by atoms with Gasteiger partial charge in [0.25, 0.3) is 0 Å². The highest BCUT2D eigenvalue weighted by Gasteiger charge is 2.32. The summed E-state index contributed by atoms with van der Waals surface area (Å²) in [5.41, 5.74) is 6.57. The van der Waals surface area contributed by atoms with E-state index in [2.05, 4.69) is 5.32 Å². The van der Waals surface area contributed by atoms with Gasteiger partial charge in [-0.25, -0.2) is 0 Å². The Morgan fingerprint density at radius 2 is 1.86 bits per heavy atom. The van der Waals surface area contributed by atoms with E-state index in [0.29, 0.717) is 0 Å². The van der Waals surface area contributed by atoms with Crippen molar-refractivity contribution in [3.8, 4) is 0 Å². The van der Waals surface area contributed by atoms with Crippen molar-refractivity contribution < 1.29 is 14.7 Å². The molecule has 1 amide bonds. The number of aliphatic carboxylic acids is 1. The molecule has 114 valence electrons. The van der Waals surface area contributed by atoms with Crippen LogP contribution in [0.3, 0.4) is 0 Å². The van der Waals surface area contributed by atoms with Crippen LogP contribution in [0.15, 0.2) is 30.3 Å². The Morgan fingerprint density at radius 3 is 2.43 bits per heavy atom. The summed E-state index contributed by atoms with van der Waals surface area (Å²) in [5.74, 6) is -1.11. The van der Waals surface area contributed by atoms with Gasteiger partial charge in [0.05, 0.1) is 12.5 Å². The molecule has 1 saturated carbocycles. The van der Waals surface area contributed by atoms with Crippen molar-refractivity contribution in [3.63, 3.8) is 0 Å². The highest BCUT2D eigenvalue weighted by molar-refractivity contribution is 5.79. The molecule has 1 aromatic rings. The zero-order valence-corrected chi connectivity index (χ0v) is 12.0. The lowest BCUT2D eigenvalue weighted by molar-refractivity contribution is -0.137. The van der Waals surface area contributed by atoms with Crippen LogP contribution in [0.5, 0.6) is 0 Å². The van der Waals surface area contributed by atoms with Gasteiger partial charge < -0.3 is 16.2 Å². The molecule has 1 aliphatic rings. The number of nitrogens with two attached hydrogens (primary N) is 1. The number of carboxylic acid groups (broad SMARTS) is 1. The maximum atomic E-state index is 12.2. The third-order valence-electron chi connectivity index (χ3n) is 4.03. The second kappa shape index (κ2) is 6.72. The summed E-state index contributed by atoms with van der Waals surface area (Å²) in [6, 6.07) is 8.65. The number of nitrogens with one attached hydrogen (secondary N) is 1. The van der Waals surface area contributed by atoms with Gasteiger partial charge in [0, 0.05) is 12.0 Å². The van der Waals surface area contributed by atoms with Crippen LogP contribution in [0.2, 0.25) is 0 Å². The van der Waals surface area contributed by atoms with Crippen LogP contribution in [0, 0.1) is 0 Å². The Balaban J connectivity index is 2.01. The van der Waals surface area contributed by atoms with E-state index in [1.165, 1.54) is 0 Å². The first-order chi connectivity index (χ1) is 9.98. The molecule has 0 aliphatic heterocycles. The van der Waals surface area contributed by atoms with Crippen LogP contribution in [-0.2, 0) is 9.59 Å². The summed E-state index contributed by atoms with van der Waals surface area (Å²) in [6.45, 7) is 0. The fraction of sp³-hybridized carbons (Fsp3) is 0.500. The predicted octanol–water partition coefficient (Wildman–Crippen LogP) is 1.98. The van der Waals surface area contributed by atoms with Crippen LogP contribution in [0.25, 0.3) is 0 Å². The zero-order valence-electron chi connectivity index (χ0n) is 12.0. The molecule has 0 heterocycles. The molecular formula is C16H22N2O3. The van der Waals surface area contributed by atoms with E-state index in [1.54, 1.807) is 0 Å². The van der Waals surface area contributed by atoms with Crippen molar-refractivity contribution in [1.82, 2.24) is 5.32 Å². The van der Waals surface area contributed by atoms with Gasteiger partial charge in [-0.2, -0.15) is 0 Å². The molecule has 1 aliphatic carbocycles. The van der Waals surface area contributed by atoms with E-state index in [0.717, 1.165) is 31.2 Å². The number of hydrogen-bond acceptors (Lipinski definition) is 3. The predicted molar refractivity (Wildman–Crippen MR) is 79.6 cm³/mol. The Kier molecular flexibility index (Phi) is 4.96. The van der Waals surface area contributed by atoms with Crippen molar-refractivity contribution in [2.45, 2.75) is 50.1 Å². The lowest BCUT2D eigenvalue weighted by Gasteiger charge is -2.25. The fourth-order valence-electron chi connectivity index (χ4n) is 2.93. The molecule has 1 unspecified atom stereocenters. The van der Waals surface area contributed by atoms with Gasteiger partial charge in [0.1, 0.15) is 0 Å². The second-order valence-corrected chi connectivity index (χ2v) is 5.87. The Morgan fingerprint density at radius 1 is 1.24 bits per heavy atom. The average molecular weight is 290 g/mol. The van der Waals surface area contributed by atoms with Crippen LogP contribution in [0.1, 0.15) is 50.1 Å². The first-order valence-corrected chi connectivity index (χ1v) is 7.33. The first kappa shape index (κ1) is 15.5. The van der Waals surface area contributed by atoms with E-state index >= 15 is 0 Å². The van der Waals surface area contributed by atoms with Crippen molar-refractivity contribution in [2.24, 2.45) is 5.73 Å². The minimum atomic E-state index is -0.938. The molecule has 0 aromatic heterocycles. The number of carbonyl (C=O) groups excluding carboxylic acids is 1. The van der Waals surface area contributed by atoms with Crippen molar-refractivity contribution in [1.29, 1.82) is 0 Å². The van der Waals surface area contributed by atoms with Crippen LogP contribution >= 0.6 is 0 Å². The van der Waals surface area contributed by atoms with E-state index in [-0.39, 0.29) is 18.7 Å². The third-order valence-corrected chi connectivity index (χ3v) is 4.03. The number of rotatable bonds is 6. The summed E-state index contributed by atoms with van der Waals surface area (Å²) >= 11 is 0. The number of amides is 1. The molecule has 1 aromatic carbocycles. The monoisotopic (exact) mass is 290 g/mol. The number of benzene rings is 1. The summed E-state index contributed by atoms with van der Waals surface area (Å²) in [6.07, 6.45) is 3.95. The van der Waals surface area contributed by atoms with Gasteiger partial charge in [0.2, 0.25) is 5.91 Å². The number of carboxylic acids is 1. The topological polar surface area (TPSA) is 92.4 Å². The fourth-order valence-corrected chi connectivity index (χ4v) is 2.93. The Hall–Kier alpha value is -1.88. The maximum absolute atomic E-state index is 12.2.